The van der Waals surface area contributed by atoms with Crippen LogP contribution in [0.15, 0.2) is 0 Å². The van der Waals surface area contributed by atoms with Crippen molar-refractivity contribution in [3.05, 3.63) is 0 Å². The largest absolute Gasteiger partial charge is 0.222 e. The molecular weight excluding hydrogens is 103 g/mol. The minimum atomic E-state index is -0.639. The summed E-state index contributed by atoms with van der Waals surface area (Å²) < 4.78 is 0. The normalized spacial score (nSPS) is 4.50. The second-order valence-corrected chi connectivity index (χ2v) is 2.73. The molecule has 0 fully saturated rings. The maximum atomic E-state index is 4.90. The Balaban J connectivity index is 0. The van der Waals surface area contributed by atoms with Crippen LogP contribution in [0.3, 0.4) is 0 Å². The minimum Gasteiger partial charge on any atom is -0.155 e. The van der Waals surface area contributed by atoms with Crippen LogP contribution >= 0.6 is 22.2 Å². The quantitative estimate of drug-likeness (QED) is 0.310. The van der Waals surface area contributed by atoms with Crippen molar-refractivity contribution in [3.63, 3.8) is 0 Å². The Labute approximate surface area is 37.1 Å². The number of hydrogen-bond donors (Lipinski definition) is 0. The van der Waals surface area contributed by atoms with Crippen LogP contribution < -0.4 is 0 Å². The van der Waals surface area contributed by atoms with Crippen molar-refractivity contribution < 1.29 is 6.15 Å². The summed E-state index contributed by atoms with van der Waals surface area (Å²) in [5.41, 5.74) is 0. The Morgan fingerprint density at radius 1 is 1.25 bits per heavy atom. The van der Waals surface area contributed by atoms with E-state index in [0.29, 0.717) is 0 Å². The summed E-state index contributed by atoms with van der Waals surface area (Å²) in [6.45, 7) is 0. The van der Waals surface area contributed by atoms with Crippen LogP contribution in [0, 0.1) is 6.15 Å². The van der Waals surface area contributed by atoms with Crippen molar-refractivity contribution in [1.82, 2.24) is 0 Å². The topological polar surface area (TPSA) is 0 Å². The Hall–Kier alpha value is 0.706. The molecule has 0 saturated carbocycles. The maximum absolute atomic E-state index is 4.90. The van der Waals surface area contributed by atoms with Crippen molar-refractivity contribution in [1.29, 1.82) is 0 Å². The van der Waals surface area contributed by atoms with Crippen molar-refractivity contribution in [2.24, 2.45) is 0 Å². The van der Waals surface area contributed by atoms with Crippen molar-refractivity contribution >= 4 is 30.3 Å². The zero-order chi connectivity index (χ0) is 2.71. The molecule has 0 heterocycles. The van der Waals surface area contributed by atoms with Gasteiger partial charge in [0.2, 0.25) is 8.14 Å². The van der Waals surface area contributed by atoms with Crippen LogP contribution in [-0.4, -0.2) is 8.14 Å². The van der Waals surface area contributed by atoms with Gasteiger partial charge < -0.3 is 0 Å². The van der Waals surface area contributed by atoms with Crippen LogP contribution in [0.5, 0.6) is 0 Å². The van der Waals surface area contributed by atoms with E-state index < -0.39 is 8.14 Å². The molecule has 0 bridgehead atoms. The SMILES string of the molecule is Cl[SiH2]Cl.[He]. The minimum absolute atomic E-state index is 0. The van der Waals surface area contributed by atoms with Crippen molar-refractivity contribution in [2.45, 2.75) is 0 Å². The first-order chi connectivity index (χ1) is 1.41. The number of hydrogen-bond acceptors (Lipinski definition) is 0. The third-order valence-corrected chi connectivity index (χ3v) is 0. The predicted molar refractivity (Wildman–Crippen MR) is 20.2 cm³/mol. The summed E-state index contributed by atoms with van der Waals surface area (Å²) in [4.78, 5) is 0. The van der Waals surface area contributed by atoms with Gasteiger partial charge >= 0.3 is 0 Å². The molecule has 0 atom stereocenters. The van der Waals surface area contributed by atoms with E-state index >= 15 is 0 Å². The first kappa shape index (κ1) is 8.83. The summed E-state index contributed by atoms with van der Waals surface area (Å²) >= 11 is 9.81. The van der Waals surface area contributed by atoms with Crippen molar-refractivity contribution in [3.8, 4) is 0 Å². The summed E-state index contributed by atoms with van der Waals surface area (Å²) in [7, 11) is -0.639. The van der Waals surface area contributed by atoms with Crippen LogP contribution in [0.4, 0.5) is 0 Å². The third-order valence-electron chi connectivity index (χ3n) is 0. The molecule has 0 aliphatic rings. The summed E-state index contributed by atoms with van der Waals surface area (Å²) in [6, 6.07) is 0. The standard InChI is InChI=1S/Cl2H2Si.He/c1-3-2;/h3H2;. The molecule has 0 unspecified atom stereocenters. The smallest absolute Gasteiger partial charge is 0.155 e. The molecule has 0 aliphatic heterocycles. The molecule has 0 radical (unpaired) electrons. The molecule has 4 heteroatoms. The van der Waals surface area contributed by atoms with Gasteiger partial charge in [0.25, 0.3) is 0 Å². The summed E-state index contributed by atoms with van der Waals surface area (Å²) in [5, 5.41) is 0. The summed E-state index contributed by atoms with van der Waals surface area (Å²) in [5.74, 6) is 0. The molecule has 4 heavy (non-hydrogen) atoms. The zero-order valence-corrected chi connectivity index (χ0v) is 5.10. The van der Waals surface area contributed by atoms with E-state index in [9.17, 15) is 0 Å². The van der Waals surface area contributed by atoms with E-state index in [-0.39, 0.29) is 6.15 Å². The first-order valence-corrected chi connectivity index (χ1v) is 4.81. The molecular formula is H2Cl2HeSi. The van der Waals surface area contributed by atoms with Gasteiger partial charge in [-0.05, 0) is 0 Å². The fraction of sp³-hybridized carbons (Fsp3) is 0. The van der Waals surface area contributed by atoms with E-state index in [1.807, 2.05) is 0 Å². The Morgan fingerprint density at radius 2 is 1.25 bits per heavy atom. The van der Waals surface area contributed by atoms with Crippen LogP contribution in [0.2, 0.25) is 0 Å². The van der Waals surface area contributed by atoms with Crippen LogP contribution in [0.1, 0.15) is 0 Å². The summed E-state index contributed by atoms with van der Waals surface area (Å²) in [6.07, 6.45) is 0. The van der Waals surface area contributed by atoms with Crippen LogP contribution in [0.25, 0.3) is 0 Å². The van der Waals surface area contributed by atoms with E-state index in [1.165, 1.54) is 0 Å². The molecule has 0 aromatic rings. The molecule has 0 aliphatic carbocycles. The van der Waals surface area contributed by atoms with Gasteiger partial charge in [0.05, 0.1) is 0 Å². The molecule has 22 valence electrons. The van der Waals surface area contributed by atoms with Gasteiger partial charge in [-0.1, -0.05) is 0 Å². The zero-order valence-electron chi connectivity index (χ0n) is 2.17. The molecule has 0 N–H and O–H groups in total. The fourth-order valence-corrected chi connectivity index (χ4v) is 0. The first-order valence-electron chi connectivity index (χ1n) is 0.535. The second-order valence-electron chi connectivity index (χ2n) is 0.101. The second kappa shape index (κ2) is 9.32. The average molecular weight is 105 g/mol. The maximum Gasteiger partial charge on any atom is 0.222 e. The van der Waals surface area contributed by atoms with Gasteiger partial charge in [-0.15, -0.1) is 0 Å². The van der Waals surface area contributed by atoms with E-state index in [1.54, 1.807) is 0 Å². The predicted octanol–water partition coefficient (Wildman–Crippen LogP) is 0.463. The fourth-order valence-electron chi connectivity index (χ4n) is 0. The van der Waals surface area contributed by atoms with Crippen LogP contribution in [-0.2, 0) is 0 Å². The van der Waals surface area contributed by atoms with Gasteiger partial charge in [0, 0.05) is 6.15 Å². The average Bonchev–Trinajstić information content (AvgIpc) is 0.918. The van der Waals surface area contributed by atoms with E-state index in [0.717, 1.165) is 0 Å². The van der Waals surface area contributed by atoms with Gasteiger partial charge in [-0.2, -0.15) is 22.2 Å². The third kappa shape index (κ3) is 15.8. The monoisotopic (exact) mass is 104 g/mol. The molecule has 0 aromatic heterocycles. The Kier molecular flexibility index (Phi) is 20.6. The van der Waals surface area contributed by atoms with E-state index in [2.05, 4.69) is 0 Å². The Morgan fingerprint density at radius 3 is 1.25 bits per heavy atom. The molecule has 0 saturated heterocycles. The molecule has 0 amide bonds. The molecule has 0 spiro atoms. The van der Waals surface area contributed by atoms with Gasteiger partial charge in [-0.3, -0.25) is 0 Å². The van der Waals surface area contributed by atoms with Gasteiger partial charge in [0.1, 0.15) is 0 Å². The van der Waals surface area contributed by atoms with E-state index in [4.69, 9.17) is 22.2 Å². The Bertz CT molecular complexity index is 6.00. The number of halogens is 2. The molecule has 0 aromatic carbocycles. The number of rotatable bonds is 0. The van der Waals surface area contributed by atoms with Gasteiger partial charge in [-0.25, -0.2) is 0 Å². The molecule has 0 rings (SSSR count). The molecule has 0 nitrogen and oxygen atoms in total. The van der Waals surface area contributed by atoms with Gasteiger partial charge in [0.15, 0.2) is 0 Å². The van der Waals surface area contributed by atoms with Crippen molar-refractivity contribution in [2.75, 3.05) is 0 Å².